The Kier molecular flexibility index (Phi) is 5.74. The van der Waals surface area contributed by atoms with Crippen LogP contribution < -0.4 is 11.1 Å². The largest absolute Gasteiger partial charge is 0.417 e. The van der Waals surface area contributed by atoms with Gasteiger partial charge in [0.25, 0.3) is 5.91 Å². The van der Waals surface area contributed by atoms with Gasteiger partial charge in [0.15, 0.2) is 5.82 Å². The number of aromatic nitrogens is 3. The lowest BCUT2D eigenvalue weighted by Crippen LogP contribution is -2.40. The fraction of sp³-hybridized carbons (Fsp3) is 0.526. The van der Waals surface area contributed by atoms with Crippen molar-refractivity contribution in [3.8, 4) is 5.82 Å². The molecule has 2 aromatic rings. The third-order valence-electron chi connectivity index (χ3n) is 5.00. The van der Waals surface area contributed by atoms with Crippen molar-refractivity contribution in [2.24, 2.45) is 5.73 Å². The Labute approximate surface area is 161 Å². The lowest BCUT2D eigenvalue weighted by Gasteiger charge is -2.26. The van der Waals surface area contributed by atoms with Crippen LogP contribution in [0.1, 0.15) is 67.1 Å². The van der Waals surface area contributed by atoms with E-state index in [0.717, 1.165) is 37.9 Å². The molecule has 1 aliphatic rings. The minimum Gasteiger partial charge on any atom is -0.349 e. The number of rotatable bonds is 4. The smallest absolute Gasteiger partial charge is 0.349 e. The molecule has 6 nitrogen and oxygen atoms in total. The highest BCUT2D eigenvalue weighted by Crippen LogP contribution is 2.29. The summed E-state index contributed by atoms with van der Waals surface area (Å²) in [5, 5.41) is 7.25. The van der Waals surface area contributed by atoms with Crippen molar-refractivity contribution in [2.75, 3.05) is 0 Å². The predicted octanol–water partition coefficient (Wildman–Crippen LogP) is 3.41. The highest BCUT2D eigenvalue weighted by atomic mass is 19.4. The van der Waals surface area contributed by atoms with Gasteiger partial charge in [0, 0.05) is 18.3 Å². The van der Waals surface area contributed by atoms with E-state index in [1.807, 2.05) is 13.8 Å². The zero-order valence-corrected chi connectivity index (χ0v) is 15.8. The highest BCUT2D eigenvalue weighted by molar-refractivity contribution is 5.95. The number of halogens is 3. The van der Waals surface area contributed by atoms with Crippen LogP contribution in [0.3, 0.4) is 0 Å². The maximum Gasteiger partial charge on any atom is 0.417 e. The summed E-state index contributed by atoms with van der Waals surface area (Å²) in [6.45, 7) is 3.79. The zero-order valence-electron chi connectivity index (χ0n) is 15.8. The zero-order chi connectivity index (χ0) is 20.5. The second kappa shape index (κ2) is 7.90. The number of carbonyl (C=O) groups excluding carboxylic acids is 1. The van der Waals surface area contributed by atoms with Crippen molar-refractivity contribution in [1.82, 2.24) is 20.1 Å². The quantitative estimate of drug-likeness (QED) is 0.831. The number of pyridine rings is 1. The molecule has 0 unspecified atom stereocenters. The van der Waals surface area contributed by atoms with E-state index in [4.69, 9.17) is 5.73 Å². The standard InChI is InChI=1S/C19H24F3N5O/c1-11(2)17-15(18(28)26-14-6-4-13(23)5-7-14)10-25-27(17)16-8-3-12(9-24-16)19(20,21)22/h3,8-11,13-14H,4-7,23H2,1-2H3,(H,26,28). The Morgan fingerprint density at radius 2 is 1.89 bits per heavy atom. The summed E-state index contributed by atoms with van der Waals surface area (Å²) in [6, 6.07) is 2.47. The molecule has 1 amide bonds. The van der Waals surface area contributed by atoms with Crippen LogP contribution in [0.4, 0.5) is 13.2 Å². The summed E-state index contributed by atoms with van der Waals surface area (Å²) in [5.41, 5.74) is 6.09. The summed E-state index contributed by atoms with van der Waals surface area (Å²) in [5.74, 6) is -0.0751. The molecule has 152 valence electrons. The fourth-order valence-electron chi connectivity index (χ4n) is 3.48. The molecule has 0 atom stereocenters. The van der Waals surface area contributed by atoms with Gasteiger partial charge in [-0.3, -0.25) is 4.79 Å². The van der Waals surface area contributed by atoms with Crippen LogP contribution in [-0.2, 0) is 6.18 Å². The number of hydrogen-bond donors (Lipinski definition) is 2. The van der Waals surface area contributed by atoms with Crippen LogP contribution in [0.15, 0.2) is 24.5 Å². The molecular weight excluding hydrogens is 371 g/mol. The van der Waals surface area contributed by atoms with Gasteiger partial charge in [-0.15, -0.1) is 0 Å². The number of nitrogens with two attached hydrogens (primary N) is 1. The van der Waals surface area contributed by atoms with Crippen molar-refractivity contribution in [3.05, 3.63) is 41.3 Å². The molecule has 28 heavy (non-hydrogen) atoms. The van der Waals surface area contributed by atoms with E-state index >= 15 is 0 Å². The van der Waals surface area contributed by atoms with Crippen molar-refractivity contribution >= 4 is 5.91 Å². The lowest BCUT2D eigenvalue weighted by molar-refractivity contribution is -0.137. The van der Waals surface area contributed by atoms with Gasteiger partial charge in [-0.25, -0.2) is 9.67 Å². The maximum atomic E-state index is 12.8. The second-order valence-corrected chi connectivity index (χ2v) is 7.50. The summed E-state index contributed by atoms with van der Waals surface area (Å²) < 4.78 is 39.7. The van der Waals surface area contributed by atoms with Crippen molar-refractivity contribution < 1.29 is 18.0 Å². The molecule has 3 rings (SSSR count). The van der Waals surface area contributed by atoms with E-state index in [2.05, 4.69) is 15.4 Å². The molecule has 1 fully saturated rings. The molecule has 3 N–H and O–H groups in total. The maximum absolute atomic E-state index is 12.8. The average Bonchev–Trinajstić information content (AvgIpc) is 3.08. The van der Waals surface area contributed by atoms with Crippen LogP contribution >= 0.6 is 0 Å². The molecule has 1 saturated carbocycles. The van der Waals surface area contributed by atoms with Crippen LogP contribution in [0.5, 0.6) is 0 Å². The number of amides is 1. The number of alkyl halides is 3. The summed E-state index contributed by atoms with van der Waals surface area (Å²) >= 11 is 0. The van der Waals surface area contributed by atoms with Crippen molar-refractivity contribution in [3.63, 3.8) is 0 Å². The van der Waals surface area contributed by atoms with Gasteiger partial charge in [0.1, 0.15) is 0 Å². The first-order valence-corrected chi connectivity index (χ1v) is 9.34. The van der Waals surface area contributed by atoms with E-state index < -0.39 is 11.7 Å². The third kappa shape index (κ3) is 4.35. The molecule has 0 saturated heterocycles. The van der Waals surface area contributed by atoms with Crippen LogP contribution in [0, 0.1) is 0 Å². The number of nitrogens with zero attached hydrogens (tertiary/aromatic N) is 3. The first-order chi connectivity index (χ1) is 13.2. The predicted molar refractivity (Wildman–Crippen MR) is 98.1 cm³/mol. The third-order valence-corrected chi connectivity index (χ3v) is 5.00. The Hall–Kier alpha value is -2.42. The highest BCUT2D eigenvalue weighted by Gasteiger charge is 2.31. The van der Waals surface area contributed by atoms with Gasteiger partial charge in [0.2, 0.25) is 0 Å². The van der Waals surface area contributed by atoms with Gasteiger partial charge in [-0.1, -0.05) is 13.8 Å². The van der Waals surface area contributed by atoms with Gasteiger partial charge in [-0.05, 0) is 43.7 Å². The van der Waals surface area contributed by atoms with Gasteiger partial charge in [0.05, 0.1) is 23.0 Å². The first kappa shape index (κ1) is 20.3. The van der Waals surface area contributed by atoms with E-state index in [9.17, 15) is 18.0 Å². The SMILES string of the molecule is CC(C)c1c(C(=O)NC2CCC(N)CC2)cnn1-c1ccc(C(F)(F)F)cn1. The van der Waals surface area contributed by atoms with E-state index in [-0.39, 0.29) is 29.7 Å². The second-order valence-electron chi connectivity index (χ2n) is 7.50. The molecule has 2 aromatic heterocycles. The van der Waals surface area contributed by atoms with Crippen molar-refractivity contribution in [1.29, 1.82) is 0 Å². The average molecular weight is 395 g/mol. The Balaban J connectivity index is 1.84. The van der Waals surface area contributed by atoms with E-state index in [1.54, 1.807) is 0 Å². The molecule has 0 radical (unpaired) electrons. The molecule has 0 aliphatic heterocycles. The van der Waals surface area contributed by atoms with Crippen molar-refractivity contribution in [2.45, 2.75) is 63.7 Å². The number of carbonyl (C=O) groups is 1. The van der Waals surface area contributed by atoms with Crippen LogP contribution in [0.2, 0.25) is 0 Å². The van der Waals surface area contributed by atoms with Gasteiger partial charge >= 0.3 is 6.18 Å². The molecular formula is C19H24F3N5O. The van der Waals surface area contributed by atoms with Crippen LogP contribution in [-0.4, -0.2) is 32.8 Å². The van der Waals surface area contributed by atoms with Crippen LogP contribution in [0.25, 0.3) is 5.82 Å². The molecule has 1 aliphatic carbocycles. The fourth-order valence-corrected chi connectivity index (χ4v) is 3.48. The van der Waals surface area contributed by atoms with Gasteiger partial charge < -0.3 is 11.1 Å². The molecule has 0 bridgehead atoms. The Morgan fingerprint density at radius 3 is 2.43 bits per heavy atom. The molecule has 0 spiro atoms. The molecule has 9 heteroatoms. The Bertz CT molecular complexity index is 821. The summed E-state index contributed by atoms with van der Waals surface area (Å²) in [6.07, 6.45) is 1.17. The topological polar surface area (TPSA) is 85.8 Å². The number of hydrogen-bond acceptors (Lipinski definition) is 4. The minimum absolute atomic E-state index is 0.0693. The monoisotopic (exact) mass is 395 g/mol. The molecule has 0 aromatic carbocycles. The lowest BCUT2D eigenvalue weighted by atomic mass is 9.91. The molecule has 2 heterocycles. The minimum atomic E-state index is -4.45. The normalized spacial score (nSPS) is 20.4. The summed E-state index contributed by atoms with van der Waals surface area (Å²) in [7, 11) is 0. The Morgan fingerprint density at radius 1 is 1.21 bits per heavy atom. The number of nitrogens with one attached hydrogen (secondary N) is 1. The van der Waals surface area contributed by atoms with E-state index in [1.165, 1.54) is 16.9 Å². The summed E-state index contributed by atoms with van der Waals surface area (Å²) in [4.78, 5) is 16.7. The van der Waals surface area contributed by atoms with Gasteiger partial charge in [-0.2, -0.15) is 18.3 Å². The van der Waals surface area contributed by atoms with E-state index in [0.29, 0.717) is 11.3 Å². The first-order valence-electron chi connectivity index (χ1n) is 9.34.